The predicted molar refractivity (Wildman–Crippen MR) is 116 cm³/mol. The molecule has 2 rings (SSSR count). The molecule has 29 heavy (non-hydrogen) atoms. The molecule has 8 heteroatoms. The fourth-order valence-corrected chi connectivity index (χ4v) is 4.44. The van der Waals surface area contributed by atoms with Crippen molar-refractivity contribution in [2.24, 2.45) is 0 Å². The van der Waals surface area contributed by atoms with Gasteiger partial charge in [-0.2, -0.15) is 21.7 Å². The van der Waals surface area contributed by atoms with Crippen LogP contribution in [0.5, 0.6) is 0 Å². The van der Waals surface area contributed by atoms with Crippen LogP contribution in [0.2, 0.25) is 0 Å². The van der Waals surface area contributed by atoms with Crippen LogP contribution in [0.1, 0.15) is 23.1 Å². The molecule has 1 unspecified atom stereocenters. The summed E-state index contributed by atoms with van der Waals surface area (Å²) < 4.78 is 28.1. The number of thioether (sulfide) groups is 1. The monoisotopic (exact) mass is 431 g/mol. The van der Waals surface area contributed by atoms with Crippen LogP contribution in [-0.4, -0.2) is 44.3 Å². The Bertz CT molecular complexity index is 966. The second-order valence-corrected chi connectivity index (χ2v) is 9.47. The molecular formula is C21H25N3O3S2. The number of benzene rings is 2. The number of hydrogen-bond acceptors (Lipinski definition) is 5. The van der Waals surface area contributed by atoms with Crippen LogP contribution < -0.4 is 4.72 Å². The first kappa shape index (κ1) is 22.9. The summed E-state index contributed by atoms with van der Waals surface area (Å²) in [4.78, 5) is 14.6. The Morgan fingerprint density at radius 3 is 2.34 bits per heavy atom. The van der Waals surface area contributed by atoms with Gasteiger partial charge in [0.25, 0.3) is 0 Å². The Morgan fingerprint density at radius 1 is 1.17 bits per heavy atom. The number of amides is 1. The predicted octanol–water partition coefficient (Wildman–Crippen LogP) is 2.93. The van der Waals surface area contributed by atoms with Gasteiger partial charge in [-0.3, -0.25) is 4.79 Å². The molecule has 0 aliphatic carbocycles. The lowest BCUT2D eigenvalue weighted by molar-refractivity contribution is -0.132. The summed E-state index contributed by atoms with van der Waals surface area (Å²) in [5.74, 6) is 0.358. The minimum Gasteiger partial charge on any atom is -0.340 e. The summed E-state index contributed by atoms with van der Waals surface area (Å²) in [6.07, 6.45) is 2.30. The second kappa shape index (κ2) is 10.4. The van der Waals surface area contributed by atoms with E-state index < -0.39 is 16.1 Å². The summed E-state index contributed by atoms with van der Waals surface area (Å²) >= 11 is 1.55. The summed E-state index contributed by atoms with van der Waals surface area (Å²) in [6.45, 7) is 2.21. The molecule has 0 spiro atoms. The normalized spacial score (nSPS) is 12.2. The Morgan fingerprint density at radius 2 is 1.79 bits per heavy atom. The minimum atomic E-state index is -3.81. The molecule has 0 saturated heterocycles. The number of aryl methyl sites for hydroxylation is 1. The number of nitrogens with zero attached hydrogens (tertiary/aromatic N) is 2. The first-order valence-corrected chi connectivity index (χ1v) is 12.0. The van der Waals surface area contributed by atoms with Gasteiger partial charge in [0.2, 0.25) is 15.9 Å². The molecule has 2 aromatic rings. The van der Waals surface area contributed by atoms with Crippen molar-refractivity contribution in [2.75, 3.05) is 19.1 Å². The SMILES string of the molecule is CSCCC(NS(=O)(=O)c1ccc(C)cc1)C(=O)N(C)Cc1ccc(C#N)cc1. The van der Waals surface area contributed by atoms with Gasteiger partial charge in [0.1, 0.15) is 6.04 Å². The number of nitriles is 1. The van der Waals surface area contributed by atoms with Crippen molar-refractivity contribution >= 4 is 27.7 Å². The average molecular weight is 432 g/mol. The van der Waals surface area contributed by atoms with Crippen molar-refractivity contribution in [3.63, 3.8) is 0 Å². The van der Waals surface area contributed by atoms with Crippen LogP contribution in [0.25, 0.3) is 0 Å². The summed E-state index contributed by atoms with van der Waals surface area (Å²) in [6, 6.07) is 14.7. The lowest BCUT2D eigenvalue weighted by Crippen LogP contribution is -2.47. The second-order valence-electron chi connectivity index (χ2n) is 6.77. The minimum absolute atomic E-state index is 0.139. The fraction of sp³-hybridized carbons (Fsp3) is 0.333. The molecule has 0 bridgehead atoms. The molecule has 6 nitrogen and oxygen atoms in total. The Balaban J connectivity index is 2.15. The maximum Gasteiger partial charge on any atom is 0.241 e. The van der Waals surface area contributed by atoms with Crippen LogP contribution in [0.3, 0.4) is 0 Å². The van der Waals surface area contributed by atoms with Crippen LogP contribution in [0.15, 0.2) is 53.4 Å². The van der Waals surface area contributed by atoms with Crippen molar-refractivity contribution in [3.8, 4) is 6.07 Å². The van der Waals surface area contributed by atoms with E-state index >= 15 is 0 Å². The number of sulfonamides is 1. The van der Waals surface area contributed by atoms with E-state index in [-0.39, 0.29) is 10.8 Å². The number of rotatable bonds is 9. The van der Waals surface area contributed by atoms with Gasteiger partial charge in [-0.05, 0) is 55.2 Å². The van der Waals surface area contributed by atoms with Crippen molar-refractivity contribution in [3.05, 3.63) is 65.2 Å². The lowest BCUT2D eigenvalue weighted by atomic mass is 10.1. The molecule has 0 aromatic heterocycles. The van der Waals surface area contributed by atoms with Crippen molar-refractivity contribution in [1.29, 1.82) is 5.26 Å². The lowest BCUT2D eigenvalue weighted by Gasteiger charge is -2.24. The molecule has 1 amide bonds. The average Bonchev–Trinajstić information content (AvgIpc) is 2.71. The highest BCUT2D eigenvalue weighted by Gasteiger charge is 2.27. The van der Waals surface area contributed by atoms with E-state index in [0.717, 1.165) is 11.1 Å². The molecule has 0 saturated carbocycles. The molecule has 154 valence electrons. The third-order valence-corrected chi connectivity index (χ3v) is 6.55. The van der Waals surface area contributed by atoms with E-state index in [0.29, 0.717) is 24.3 Å². The van der Waals surface area contributed by atoms with Gasteiger partial charge >= 0.3 is 0 Å². The van der Waals surface area contributed by atoms with Gasteiger partial charge in [-0.25, -0.2) is 8.42 Å². The van der Waals surface area contributed by atoms with Gasteiger partial charge in [0, 0.05) is 13.6 Å². The first-order valence-electron chi connectivity index (χ1n) is 9.09. The van der Waals surface area contributed by atoms with Crippen LogP contribution in [0, 0.1) is 18.3 Å². The standard InChI is InChI=1S/C21H25N3O3S2/c1-16-4-10-19(11-5-16)29(26,27)23-20(12-13-28-3)21(25)24(2)15-18-8-6-17(14-22)7-9-18/h4-11,20,23H,12-13,15H2,1-3H3. The maximum atomic E-state index is 13.0. The maximum absolute atomic E-state index is 13.0. The van der Waals surface area contributed by atoms with E-state index in [2.05, 4.69) is 10.8 Å². The molecule has 0 aliphatic heterocycles. The van der Waals surface area contributed by atoms with Crippen LogP contribution in [-0.2, 0) is 21.4 Å². The zero-order chi connectivity index (χ0) is 21.4. The zero-order valence-corrected chi connectivity index (χ0v) is 18.4. The van der Waals surface area contributed by atoms with E-state index in [9.17, 15) is 13.2 Å². The highest BCUT2D eigenvalue weighted by atomic mass is 32.2. The number of carbonyl (C=O) groups is 1. The van der Waals surface area contributed by atoms with E-state index in [1.807, 2.05) is 13.2 Å². The molecule has 0 fully saturated rings. The number of nitrogens with one attached hydrogen (secondary N) is 1. The third kappa shape index (κ3) is 6.60. The smallest absolute Gasteiger partial charge is 0.241 e. The van der Waals surface area contributed by atoms with E-state index in [1.165, 1.54) is 17.0 Å². The number of likely N-dealkylation sites (N-methyl/N-ethyl adjacent to an activating group) is 1. The van der Waals surface area contributed by atoms with Crippen molar-refractivity contribution < 1.29 is 13.2 Å². The summed E-state index contributed by atoms with van der Waals surface area (Å²) in [5.41, 5.74) is 2.37. The third-order valence-electron chi connectivity index (χ3n) is 4.42. The Labute approximate surface area is 177 Å². The largest absolute Gasteiger partial charge is 0.340 e. The molecular weight excluding hydrogens is 406 g/mol. The summed E-state index contributed by atoms with van der Waals surface area (Å²) in [7, 11) is -2.16. The highest BCUT2D eigenvalue weighted by Crippen LogP contribution is 2.14. The molecule has 0 aliphatic rings. The molecule has 2 aromatic carbocycles. The quantitative estimate of drug-likeness (QED) is 0.659. The molecule has 1 atom stereocenters. The van der Waals surface area contributed by atoms with Crippen molar-refractivity contribution in [2.45, 2.75) is 30.8 Å². The van der Waals surface area contributed by atoms with Gasteiger partial charge < -0.3 is 4.90 Å². The molecule has 0 radical (unpaired) electrons. The molecule has 1 N–H and O–H groups in total. The highest BCUT2D eigenvalue weighted by molar-refractivity contribution is 7.98. The van der Waals surface area contributed by atoms with Gasteiger partial charge in [0.05, 0.1) is 16.5 Å². The van der Waals surface area contributed by atoms with E-state index in [4.69, 9.17) is 5.26 Å². The fourth-order valence-electron chi connectivity index (χ4n) is 2.74. The Hall–Kier alpha value is -2.34. The van der Waals surface area contributed by atoms with E-state index in [1.54, 1.807) is 55.2 Å². The van der Waals surface area contributed by atoms with Gasteiger partial charge in [0.15, 0.2) is 0 Å². The molecule has 0 heterocycles. The van der Waals surface area contributed by atoms with Crippen LogP contribution >= 0.6 is 11.8 Å². The first-order chi connectivity index (χ1) is 13.8. The Kier molecular flexibility index (Phi) is 8.26. The van der Waals surface area contributed by atoms with Crippen molar-refractivity contribution in [1.82, 2.24) is 9.62 Å². The number of hydrogen-bond donors (Lipinski definition) is 1. The van der Waals surface area contributed by atoms with Gasteiger partial charge in [-0.1, -0.05) is 29.8 Å². The zero-order valence-electron chi connectivity index (χ0n) is 16.8. The number of carbonyl (C=O) groups excluding carboxylic acids is 1. The van der Waals surface area contributed by atoms with Crippen LogP contribution in [0.4, 0.5) is 0 Å². The summed E-state index contributed by atoms with van der Waals surface area (Å²) in [5, 5.41) is 8.89. The topological polar surface area (TPSA) is 90.3 Å². The van der Waals surface area contributed by atoms with Gasteiger partial charge in [-0.15, -0.1) is 0 Å².